The highest BCUT2D eigenvalue weighted by Gasteiger charge is 2.25. The summed E-state index contributed by atoms with van der Waals surface area (Å²) in [5, 5.41) is 2.75. The van der Waals surface area contributed by atoms with E-state index in [2.05, 4.69) is 23.5 Å². The smallest absolute Gasteiger partial charge is 0.119 e. The first-order valence-corrected chi connectivity index (χ1v) is 7.19. The molecule has 108 valence electrons. The van der Waals surface area contributed by atoms with Gasteiger partial charge in [-0.1, -0.05) is 25.0 Å². The van der Waals surface area contributed by atoms with Gasteiger partial charge < -0.3 is 15.8 Å². The molecule has 19 heavy (non-hydrogen) atoms. The highest BCUT2D eigenvalue weighted by atomic mass is 16.5. The van der Waals surface area contributed by atoms with Gasteiger partial charge in [-0.25, -0.2) is 0 Å². The third kappa shape index (κ3) is 4.84. The predicted octanol–water partition coefficient (Wildman–Crippen LogP) is 2.76. The fourth-order valence-corrected chi connectivity index (χ4v) is 2.80. The van der Waals surface area contributed by atoms with E-state index < -0.39 is 0 Å². The molecule has 1 fully saturated rings. The molecular formula is C16H28N2O. The van der Waals surface area contributed by atoms with E-state index in [1.807, 2.05) is 20.2 Å². The fraction of sp³-hybridized carbons (Fsp3) is 0.625. The Morgan fingerprint density at radius 1 is 1.26 bits per heavy atom. The highest BCUT2D eigenvalue weighted by Crippen LogP contribution is 2.38. The van der Waals surface area contributed by atoms with E-state index in [0.717, 1.165) is 12.3 Å². The van der Waals surface area contributed by atoms with Crippen LogP contribution in [0.5, 0.6) is 5.75 Å². The standard InChI is InChI=1S/C14H21NO.C2H7N/c1-16-13-7-4-6-11(9-13)14-8-3-2-5-12(14)10-15;1-3-2/h4,6-7,9,12,14H,2-3,5,8,10,15H2,1H3;3H,1-2H3/t12-,14-;/m0./s1. The molecule has 3 nitrogen and oxygen atoms in total. The molecule has 3 heteroatoms. The van der Waals surface area contributed by atoms with E-state index >= 15 is 0 Å². The number of hydrogen-bond acceptors (Lipinski definition) is 3. The van der Waals surface area contributed by atoms with Crippen LogP contribution in [0.3, 0.4) is 0 Å². The maximum atomic E-state index is 5.87. The lowest BCUT2D eigenvalue weighted by Gasteiger charge is -2.31. The molecular weight excluding hydrogens is 236 g/mol. The Balaban J connectivity index is 0.000000550. The molecule has 2 rings (SSSR count). The van der Waals surface area contributed by atoms with Gasteiger partial charge in [-0.05, 0) is 63.0 Å². The van der Waals surface area contributed by atoms with Gasteiger partial charge in [-0.3, -0.25) is 0 Å². The van der Waals surface area contributed by atoms with Crippen molar-refractivity contribution in [3.63, 3.8) is 0 Å². The van der Waals surface area contributed by atoms with Crippen LogP contribution in [-0.2, 0) is 0 Å². The Labute approximate surface area is 117 Å². The van der Waals surface area contributed by atoms with Crippen molar-refractivity contribution < 1.29 is 4.74 Å². The lowest BCUT2D eigenvalue weighted by molar-refractivity contribution is 0.313. The molecule has 1 aliphatic carbocycles. The maximum absolute atomic E-state index is 5.87. The van der Waals surface area contributed by atoms with Gasteiger partial charge >= 0.3 is 0 Å². The molecule has 0 aromatic heterocycles. The van der Waals surface area contributed by atoms with E-state index in [0.29, 0.717) is 11.8 Å². The Kier molecular flexibility index (Phi) is 7.53. The van der Waals surface area contributed by atoms with Crippen molar-refractivity contribution in [3.05, 3.63) is 29.8 Å². The van der Waals surface area contributed by atoms with Crippen molar-refractivity contribution in [1.82, 2.24) is 5.32 Å². The molecule has 0 unspecified atom stereocenters. The zero-order valence-electron chi connectivity index (χ0n) is 12.5. The number of rotatable bonds is 3. The van der Waals surface area contributed by atoms with Gasteiger partial charge in [0.25, 0.3) is 0 Å². The van der Waals surface area contributed by atoms with Gasteiger partial charge in [0.05, 0.1) is 7.11 Å². The monoisotopic (exact) mass is 264 g/mol. The number of ether oxygens (including phenoxy) is 1. The summed E-state index contributed by atoms with van der Waals surface area (Å²) in [7, 11) is 5.47. The van der Waals surface area contributed by atoms with Crippen molar-refractivity contribution >= 4 is 0 Å². The quantitative estimate of drug-likeness (QED) is 0.882. The third-order valence-corrected chi connectivity index (χ3v) is 3.73. The molecule has 2 atom stereocenters. The second kappa shape index (κ2) is 8.94. The summed E-state index contributed by atoms with van der Waals surface area (Å²) >= 11 is 0. The zero-order valence-corrected chi connectivity index (χ0v) is 12.5. The molecule has 1 aromatic rings. The van der Waals surface area contributed by atoms with Crippen LogP contribution in [-0.4, -0.2) is 27.7 Å². The first kappa shape index (κ1) is 16.0. The molecule has 1 aromatic carbocycles. The molecule has 0 saturated heterocycles. The summed E-state index contributed by atoms with van der Waals surface area (Å²) in [6.45, 7) is 0.807. The van der Waals surface area contributed by atoms with E-state index in [-0.39, 0.29) is 0 Å². The summed E-state index contributed by atoms with van der Waals surface area (Å²) in [5.41, 5.74) is 7.27. The van der Waals surface area contributed by atoms with Crippen LogP contribution < -0.4 is 15.8 Å². The first-order valence-electron chi connectivity index (χ1n) is 7.19. The number of nitrogens with one attached hydrogen (secondary N) is 1. The average Bonchev–Trinajstić information content (AvgIpc) is 2.48. The largest absolute Gasteiger partial charge is 0.497 e. The van der Waals surface area contributed by atoms with Crippen LogP contribution in [0.1, 0.15) is 37.2 Å². The van der Waals surface area contributed by atoms with E-state index in [1.165, 1.54) is 31.2 Å². The second-order valence-electron chi connectivity index (χ2n) is 5.16. The lowest BCUT2D eigenvalue weighted by Crippen LogP contribution is -2.25. The SMILES string of the molecule is CNC.COc1cccc([C@@H]2CCCC[C@H]2CN)c1. The summed E-state index contributed by atoms with van der Waals surface area (Å²) in [6.07, 6.45) is 5.22. The summed E-state index contributed by atoms with van der Waals surface area (Å²) in [6, 6.07) is 8.46. The maximum Gasteiger partial charge on any atom is 0.119 e. The third-order valence-electron chi connectivity index (χ3n) is 3.73. The Morgan fingerprint density at radius 3 is 2.58 bits per heavy atom. The molecule has 0 bridgehead atoms. The Bertz CT molecular complexity index is 354. The minimum absolute atomic E-state index is 0.633. The van der Waals surface area contributed by atoms with Crippen molar-refractivity contribution in [2.75, 3.05) is 27.7 Å². The molecule has 0 heterocycles. The number of hydrogen-bond donors (Lipinski definition) is 2. The first-order chi connectivity index (χ1) is 9.26. The molecule has 1 saturated carbocycles. The van der Waals surface area contributed by atoms with Gasteiger partial charge in [0, 0.05) is 0 Å². The van der Waals surface area contributed by atoms with Gasteiger partial charge in [-0.15, -0.1) is 0 Å². The summed E-state index contributed by atoms with van der Waals surface area (Å²) in [4.78, 5) is 0. The second-order valence-corrected chi connectivity index (χ2v) is 5.16. The van der Waals surface area contributed by atoms with Crippen molar-refractivity contribution in [3.8, 4) is 5.75 Å². The van der Waals surface area contributed by atoms with Crippen LogP contribution in [0.25, 0.3) is 0 Å². The predicted molar refractivity (Wildman–Crippen MR) is 81.7 cm³/mol. The van der Waals surface area contributed by atoms with Gasteiger partial charge in [0.1, 0.15) is 5.75 Å². The van der Waals surface area contributed by atoms with Gasteiger partial charge in [0.15, 0.2) is 0 Å². The average molecular weight is 264 g/mol. The van der Waals surface area contributed by atoms with Crippen molar-refractivity contribution in [2.24, 2.45) is 11.7 Å². The minimum atomic E-state index is 0.633. The molecule has 0 spiro atoms. The number of benzene rings is 1. The van der Waals surface area contributed by atoms with Crippen LogP contribution in [0.15, 0.2) is 24.3 Å². The molecule has 3 N–H and O–H groups in total. The zero-order chi connectivity index (χ0) is 14.1. The van der Waals surface area contributed by atoms with Crippen molar-refractivity contribution in [1.29, 1.82) is 0 Å². The fourth-order valence-electron chi connectivity index (χ4n) is 2.80. The van der Waals surface area contributed by atoms with Crippen LogP contribution in [0.2, 0.25) is 0 Å². The topological polar surface area (TPSA) is 47.3 Å². The minimum Gasteiger partial charge on any atom is -0.497 e. The Hall–Kier alpha value is -1.06. The molecule has 0 radical (unpaired) electrons. The van der Waals surface area contributed by atoms with Gasteiger partial charge in [-0.2, -0.15) is 0 Å². The summed E-state index contributed by atoms with van der Waals surface area (Å²) in [5.74, 6) is 2.24. The Morgan fingerprint density at radius 2 is 1.95 bits per heavy atom. The molecule has 0 aliphatic heterocycles. The van der Waals surface area contributed by atoms with E-state index in [1.54, 1.807) is 7.11 Å². The van der Waals surface area contributed by atoms with Crippen LogP contribution in [0.4, 0.5) is 0 Å². The van der Waals surface area contributed by atoms with E-state index in [9.17, 15) is 0 Å². The normalized spacial score (nSPS) is 22.3. The number of nitrogens with two attached hydrogens (primary N) is 1. The highest BCUT2D eigenvalue weighted by molar-refractivity contribution is 5.31. The van der Waals surface area contributed by atoms with Crippen molar-refractivity contribution in [2.45, 2.75) is 31.6 Å². The van der Waals surface area contributed by atoms with Crippen LogP contribution >= 0.6 is 0 Å². The number of methoxy groups -OCH3 is 1. The molecule has 0 amide bonds. The van der Waals surface area contributed by atoms with Crippen LogP contribution in [0, 0.1) is 5.92 Å². The van der Waals surface area contributed by atoms with E-state index in [4.69, 9.17) is 10.5 Å². The van der Waals surface area contributed by atoms with Gasteiger partial charge in [0.2, 0.25) is 0 Å². The lowest BCUT2D eigenvalue weighted by atomic mass is 9.75. The summed E-state index contributed by atoms with van der Waals surface area (Å²) < 4.78 is 5.28. The molecule has 1 aliphatic rings.